The molecule has 0 aromatic heterocycles. The van der Waals surface area contributed by atoms with Crippen molar-refractivity contribution in [3.05, 3.63) is 47.5 Å². The molecule has 2 aromatic carbocycles. The molecule has 2 nitrogen and oxygen atoms in total. The first-order valence-electron chi connectivity index (χ1n) is 5.61. The van der Waals surface area contributed by atoms with E-state index in [1.165, 1.54) is 21.9 Å². The predicted molar refractivity (Wildman–Crippen MR) is 69.5 cm³/mol. The summed E-state index contributed by atoms with van der Waals surface area (Å²) in [4.78, 5) is 0. The second-order valence-corrected chi connectivity index (χ2v) is 4.27. The van der Waals surface area contributed by atoms with Gasteiger partial charge in [0.25, 0.3) is 0 Å². The van der Waals surface area contributed by atoms with E-state index in [0.717, 1.165) is 6.54 Å². The van der Waals surface area contributed by atoms with Crippen molar-refractivity contribution < 1.29 is 0 Å². The molecule has 0 radical (unpaired) electrons. The number of nitrogens with two attached hydrogens (primary N) is 1. The van der Waals surface area contributed by atoms with Crippen LogP contribution in [0.2, 0.25) is 0 Å². The maximum Gasteiger partial charge on any atom is 0.0421 e. The molecule has 0 saturated heterocycles. The minimum Gasteiger partial charge on any atom is -0.323 e. The van der Waals surface area contributed by atoms with E-state index in [-0.39, 0.29) is 6.04 Å². The Morgan fingerprint density at radius 2 is 1.81 bits per heavy atom. The lowest BCUT2D eigenvalue weighted by atomic mass is 10.0. The van der Waals surface area contributed by atoms with Gasteiger partial charge in [-0.2, -0.15) is 0 Å². The van der Waals surface area contributed by atoms with Gasteiger partial charge in [-0.25, -0.2) is 0 Å². The summed E-state index contributed by atoms with van der Waals surface area (Å²) < 4.78 is 0. The molecule has 0 fully saturated rings. The third-order valence-corrected chi connectivity index (χ3v) is 2.87. The summed E-state index contributed by atoms with van der Waals surface area (Å²) in [6.45, 7) is 2.91. The molecule has 84 valence electrons. The maximum absolute atomic E-state index is 6.06. The second-order valence-electron chi connectivity index (χ2n) is 4.27. The Labute approximate surface area is 96.5 Å². The monoisotopic (exact) mass is 214 g/mol. The molecule has 0 spiro atoms. The Bertz CT molecular complexity index is 491. The SMILES string of the molecule is CNCC(N)c1ccc2cc(C)ccc2c1. The Morgan fingerprint density at radius 3 is 2.56 bits per heavy atom. The highest BCUT2D eigenvalue weighted by molar-refractivity contribution is 5.83. The smallest absolute Gasteiger partial charge is 0.0421 e. The van der Waals surface area contributed by atoms with Crippen LogP contribution in [0.5, 0.6) is 0 Å². The summed E-state index contributed by atoms with van der Waals surface area (Å²) in [5.41, 5.74) is 8.54. The Hall–Kier alpha value is -1.38. The summed E-state index contributed by atoms with van der Waals surface area (Å²) in [6.07, 6.45) is 0. The van der Waals surface area contributed by atoms with Gasteiger partial charge in [0.15, 0.2) is 0 Å². The highest BCUT2D eigenvalue weighted by Crippen LogP contribution is 2.20. The van der Waals surface area contributed by atoms with Crippen LogP contribution in [-0.2, 0) is 0 Å². The van der Waals surface area contributed by atoms with Gasteiger partial charge in [-0.1, -0.05) is 35.9 Å². The van der Waals surface area contributed by atoms with Crippen LogP contribution in [-0.4, -0.2) is 13.6 Å². The van der Waals surface area contributed by atoms with Gasteiger partial charge in [-0.3, -0.25) is 0 Å². The minimum atomic E-state index is 0.0655. The molecule has 0 saturated carbocycles. The van der Waals surface area contributed by atoms with E-state index < -0.39 is 0 Å². The van der Waals surface area contributed by atoms with E-state index in [9.17, 15) is 0 Å². The zero-order valence-corrected chi connectivity index (χ0v) is 9.83. The Kier molecular flexibility index (Phi) is 3.22. The van der Waals surface area contributed by atoms with Crippen molar-refractivity contribution in [3.63, 3.8) is 0 Å². The quantitative estimate of drug-likeness (QED) is 0.823. The molecule has 1 atom stereocenters. The number of hydrogen-bond acceptors (Lipinski definition) is 2. The molecule has 0 amide bonds. The van der Waals surface area contributed by atoms with Crippen molar-refractivity contribution in [1.82, 2.24) is 5.32 Å². The lowest BCUT2D eigenvalue weighted by Gasteiger charge is -2.12. The fraction of sp³-hybridized carbons (Fsp3) is 0.286. The van der Waals surface area contributed by atoms with Gasteiger partial charge in [0.2, 0.25) is 0 Å². The molecule has 0 heterocycles. The number of hydrogen-bond donors (Lipinski definition) is 2. The standard InChI is InChI=1S/C14H18N2/c1-10-3-4-12-8-13(14(15)9-16-2)6-5-11(12)7-10/h3-8,14,16H,9,15H2,1-2H3. The van der Waals surface area contributed by atoms with Crippen molar-refractivity contribution >= 4 is 10.8 Å². The predicted octanol–water partition coefficient (Wildman–Crippen LogP) is 2.37. The molecule has 16 heavy (non-hydrogen) atoms. The van der Waals surface area contributed by atoms with Gasteiger partial charge in [0, 0.05) is 12.6 Å². The van der Waals surface area contributed by atoms with Crippen LogP contribution in [0.25, 0.3) is 10.8 Å². The fourth-order valence-corrected chi connectivity index (χ4v) is 1.95. The highest BCUT2D eigenvalue weighted by Gasteiger charge is 2.05. The van der Waals surface area contributed by atoms with E-state index in [1.807, 2.05) is 7.05 Å². The summed E-state index contributed by atoms with van der Waals surface area (Å²) in [5.74, 6) is 0. The van der Waals surface area contributed by atoms with Gasteiger partial charge in [-0.05, 0) is 36.4 Å². The van der Waals surface area contributed by atoms with Crippen molar-refractivity contribution in [1.29, 1.82) is 0 Å². The third-order valence-electron chi connectivity index (χ3n) is 2.87. The minimum absolute atomic E-state index is 0.0655. The molecule has 3 N–H and O–H groups in total. The van der Waals surface area contributed by atoms with E-state index in [4.69, 9.17) is 5.73 Å². The summed E-state index contributed by atoms with van der Waals surface area (Å²) in [5, 5.41) is 5.64. The molecule has 0 aliphatic heterocycles. The van der Waals surface area contributed by atoms with Crippen LogP contribution in [0.15, 0.2) is 36.4 Å². The number of rotatable bonds is 3. The maximum atomic E-state index is 6.06. The van der Waals surface area contributed by atoms with Crippen molar-refractivity contribution in [2.45, 2.75) is 13.0 Å². The van der Waals surface area contributed by atoms with Gasteiger partial charge in [-0.15, -0.1) is 0 Å². The third kappa shape index (κ3) is 2.23. The topological polar surface area (TPSA) is 38.0 Å². The molecule has 2 heteroatoms. The van der Waals surface area contributed by atoms with E-state index in [0.29, 0.717) is 0 Å². The van der Waals surface area contributed by atoms with Gasteiger partial charge in [0.05, 0.1) is 0 Å². The largest absolute Gasteiger partial charge is 0.323 e. The zero-order valence-electron chi connectivity index (χ0n) is 9.83. The first-order chi connectivity index (χ1) is 7.70. The van der Waals surface area contributed by atoms with Crippen LogP contribution in [0.3, 0.4) is 0 Å². The Morgan fingerprint density at radius 1 is 1.12 bits per heavy atom. The van der Waals surface area contributed by atoms with Crippen LogP contribution in [0, 0.1) is 6.92 Å². The number of fused-ring (bicyclic) bond motifs is 1. The molecule has 0 aliphatic carbocycles. The van der Waals surface area contributed by atoms with E-state index >= 15 is 0 Å². The van der Waals surface area contributed by atoms with Crippen molar-refractivity contribution in [3.8, 4) is 0 Å². The summed E-state index contributed by atoms with van der Waals surface area (Å²) >= 11 is 0. The number of nitrogens with one attached hydrogen (secondary N) is 1. The first kappa shape index (κ1) is 11.1. The lowest BCUT2D eigenvalue weighted by molar-refractivity contribution is 0.654. The van der Waals surface area contributed by atoms with E-state index in [1.54, 1.807) is 0 Å². The molecule has 2 aromatic rings. The first-order valence-corrected chi connectivity index (χ1v) is 5.61. The molecule has 2 rings (SSSR count). The average molecular weight is 214 g/mol. The number of likely N-dealkylation sites (N-methyl/N-ethyl adjacent to an activating group) is 1. The number of aryl methyl sites for hydroxylation is 1. The summed E-state index contributed by atoms with van der Waals surface area (Å²) in [7, 11) is 1.92. The Balaban J connectivity index is 2.40. The lowest BCUT2D eigenvalue weighted by Crippen LogP contribution is -2.23. The van der Waals surface area contributed by atoms with Crippen molar-refractivity contribution in [2.75, 3.05) is 13.6 Å². The van der Waals surface area contributed by atoms with Gasteiger partial charge >= 0.3 is 0 Å². The molecular weight excluding hydrogens is 196 g/mol. The van der Waals surface area contributed by atoms with E-state index in [2.05, 4.69) is 48.6 Å². The normalized spacial score (nSPS) is 12.9. The van der Waals surface area contributed by atoms with Crippen LogP contribution < -0.4 is 11.1 Å². The van der Waals surface area contributed by atoms with Crippen molar-refractivity contribution in [2.24, 2.45) is 5.73 Å². The molecule has 1 unspecified atom stereocenters. The second kappa shape index (κ2) is 4.64. The van der Waals surface area contributed by atoms with Crippen LogP contribution in [0.1, 0.15) is 17.2 Å². The fourth-order valence-electron chi connectivity index (χ4n) is 1.95. The molecular formula is C14H18N2. The molecule has 0 bridgehead atoms. The van der Waals surface area contributed by atoms with Crippen LogP contribution >= 0.6 is 0 Å². The zero-order chi connectivity index (χ0) is 11.5. The van der Waals surface area contributed by atoms with Crippen LogP contribution in [0.4, 0.5) is 0 Å². The highest BCUT2D eigenvalue weighted by atomic mass is 14.9. The average Bonchev–Trinajstić information content (AvgIpc) is 2.28. The summed E-state index contributed by atoms with van der Waals surface area (Å²) in [6, 6.07) is 13.0. The van der Waals surface area contributed by atoms with Gasteiger partial charge < -0.3 is 11.1 Å². The van der Waals surface area contributed by atoms with Gasteiger partial charge in [0.1, 0.15) is 0 Å². The number of benzene rings is 2. The molecule has 0 aliphatic rings.